The van der Waals surface area contributed by atoms with E-state index >= 15 is 0 Å². The van der Waals surface area contributed by atoms with Gasteiger partial charge in [-0.1, -0.05) is 11.6 Å². The highest BCUT2D eigenvalue weighted by Crippen LogP contribution is 2.21. The Labute approximate surface area is 130 Å². The molecule has 1 aromatic carbocycles. The highest BCUT2D eigenvalue weighted by Gasteiger charge is 2.13. The molecule has 0 aliphatic carbocycles. The molecule has 2 N–H and O–H groups in total. The van der Waals surface area contributed by atoms with Crippen LogP contribution in [-0.4, -0.2) is 42.4 Å². The monoisotopic (exact) mass is 315 g/mol. The van der Waals surface area contributed by atoms with Crippen LogP contribution >= 0.6 is 23.4 Å². The number of aliphatic hydroxyl groups excluding tert-OH is 1. The summed E-state index contributed by atoms with van der Waals surface area (Å²) < 4.78 is 5.51. The minimum Gasteiger partial charge on any atom is -0.491 e. The number of thioether (sulfide) groups is 1. The Morgan fingerprint density at radius 3 is 2.70 bits per heavy atom. The maximum Gasteiger partial charge on any atom is 0.119 e. The molecule has 20 heavy (non-hydrogen) atoms. The Morgan fingerprint density at radius 2 is 2.00 bits per heavy atom. The number of ether oxygens (including phenoxy) is 1. The third-order valence-corrected chi connectivity index (χ3v) is 4.71. The van der Waals surface area contributed by atoms with Crippen LogP contribution in [0.5, 0.6) is 5.75 Å². The van der Waals surface area contributed by atoms with E-state index in [-0.39, 0.29) is 0 Å². The predicted octanol–water partition coefficient (Wildman–Crippen LogP) is 2.81. The number of hydrogen-bond acceptors (Lipinski definition) is 4. The topological polar surface area (TPSA) is 41.5 Å². The lowest BCUT2D eigenvalue weighted by atomic mass is 10.0. The van der Waals surface area contributed by atoms with Crippen LogP contribution in [0.3, 0.4) is 0 Å². The molecule has 1 atom stereocenters. The second-order valence-corrected chi connectivity index (χ2v) is 6.79. The number of hydrogen-bond donors (Lipinski definition) is 2. The second-order valence-electron chi connectivity index (χ2n) is 5.13. The summed E-state index contributed by atoms with van der Waals surface area (Å²) >= 11 is 7.84. The molecule has 5 heteroatoms. The van der Waals surface area contributed by atoms with E-state index in [1.807, 2.05) is 23.9 Å². The standard InChI is InChI=1S/C15H22ClNO2S/c16-13-1-3-15(4-2-13)19-11-14(18)10-17-9-12-5-7-20-8-6-12/h1-4,12,14,17-18H,5-11H2. The molecule has 0 bridgehead atoms. The van der Waals surface area contributed by atoms with Gasteiger partial charge in [0.15, 0.2) is 0 Å². The summed E-state index contributed by atoms with van der Waals surface area (Å²) in [5.74, 6) is 4.04. The third kappa shape index (κ3) is 5.92. The number of rotatable bonds is 7. The van der Waals surface area contributed by atoms with Gasteiger partial charge in [-0.2, -0.15) is 11.8 Å². The Kier molecular flexibility index (Phi) is 7.00. The summed E-state index contributed by atoms with van der Waals surface area (Å²) in [5, 5.41) is 13.9. The van der Waals surface area contributed by atoms with E-state index in [1.165, 1.54) is 24.3 Å². The van der Waals surface area contributed by atoms with Gasteiger partial charge in [-0.05, 0) is 61.1 Å². The summed E-state index contributed by atoms with van der Waals surface area (Å²) in [6.45, 7) is 1.88. The van der Waals surface area contributed by atoms with Crippen molar-refractivity contribution in [3.63, 3.8) is 0 Å². The van der Waals surface area contributed by atoms with Crippen LogP contribution in [0.25, 0.3) is 0 Å². The molecule has 3 nitrogen and oxygen atoms in total. The Hall–Kier alpha value is -0.420. The van der Waals surface area contributed by atoms with Gasteiger partial charge in [-0.15, -0.1) is 0 Å². The first-order valence-electron chi connectivity index (χ1n) is 7.09. The summed E-state index contributed by atoms with van der Waals surface area (Å²) in [7, 11) is 0. The molecule has 1 fully saturated rings. The average molecular weight is 316 g/mol. The van der Waals surface area contributed by atoms with Crippen molar-refractivity contribution in [1.82, 2.24) is 5.32 Å². The van der Waals surface area contributed by atoms with Gasteiger partial charge in [0.05, 0.1) is 0 Å². The zero-order valence-corrected chi connectivity index (χ0v) is 13.1. The fourth-order valence-corrected chi connectivity index (χ4v) is 3.52. The smallest absolute Gasteiger partial charge is 0.119 e. The second kappa shape index (κ2) is 8.78. The number of benzene rings is 1. The predicted molar refractivity (Wildman–Crippen MR) is 85.9 cm³/mol. The van der Waals surface area contributed by atoms with E-state index in [2.05, 4.69) is 5.32 Å². The average Bonchev–Trinajstić information content (AvgIpc) is 2.48. The Balaban J connectivity index is 1.57. The summed E-state index contributed by atoms with van der Waals surface area (Å²) in [4.78, 5) is 0. The molecule has 0 saturated carbocycles. The van der Waals surface area contributed by atoms with Gasteiger partial charge < -0.3 is 15.2 Å². The highest BCUT2D eigenvalue weighted by molar-refractivity contribution is 7.99. The summed E-state index contributed by atoms with van der Waals surface area (Å²) in [5.41, 5.74) is 0. The molecule has 0 spiro atoms. The van der Waals surface area contributed by atoms with Crippen LogP contribution in [-0.2, 0) is 0 Å². The molecule has 0 radical (unpaired) electrons. The van der Waals surface area contributed by atoms with Gasteiger partial charge in [0, 0.05) is 11.6 Å². The first-order valence-corrected chi connectivity index (χ1v) is 8.62. The summed E-state index contributed by atoms with van der Waals surface area (Å²) in [6, 6.07) is 7.18. The van der Waals surface area contributed by atoms with Gasteiger partial charge in [-0.3, -0.25) is 0 Å². The fourth-order valence-electron chi connectivity index (χ4n) is 2.19. The number of halogens is 1. The zero-order valence-electron chi connectivity index (χ0n) is 11.6. The van der Waals surface area contributed by atoms with Gasteiger partial charge in [0.1, 0.15) is 18.5 Å². The maximum absolute atomic E-state index is 9.88. The van der Waals surface area contributed by atoms with Gasteiger partial charge in [0.25, 0.3) is 0 Å². The molecule has 1 saturated heterocycles. The van der Waals surface area contributed by atoms with E-state index < -0.39 is 6.10 Å². The molecule has 1 unspecified atom stereocenters. The number of nitrogens with one attached hydrogen (secondary N) is 1. The van der Waals surface area contributed by atoms with Crippen LogP contribution in [0.4, 0.5) is 0 Å². The van der Waals surface area contributed by atoms with Crippen molar-refractivity contribution < 1.29 is 9.84 Å². The zero-order chi connectivity index (χ0) is 14.2. The van der Waals surface area contributed by atoms with Gasteiger partial charge >= 0.3 is 0 Å². The molecule has 1 aliphatic rings. The molecular formula is C15H22ClNO2S. The molecule has 1 heterocycles. The van der Waals surface area contributed by atoms with E-state index in [4.69, 9.17) is 16.3 Å². The van der Waals surface area contributed by atoms with E-state index in [0.29, 0.717) is 18.2 Å². The van der Waals surface area contributed by atoms with Gasteiger partial charge in [0.2, 0.25) is 0 Å². The van der Waals surface area contributed by atoms with E-state index in [0.717, 1.165) is 18.2 Å². The minimum absolute atomic E-state index is 0.301. The molecule has 112 valence electrons. The normalized spacial score (nSPS) is 17.9. The highest BCUT2D eigenvalue weighted by atomic mass is 35.5. The minimum atomic E-state index is -0.483. The molecule has 1 aromatic rings. The van der Waals surface area contributed by atoms with Crippen molar-refractivity contribution in [2.24, 2.45) is 5.92 Å². The quantitative estimate of drug-likeness (QED) is 0.812. The molecule has 1 aliphatic heterocycles. The Morgan fingerprint density at radius 1 is 1.30 bits per heavy atom. The first-order chi connectivity index (χ1) is 9.74. The van der Waals surface area contributed by atoms with E-state index in [1.54, 1.807) is 12.1 Å². The van der Waals surface area contributed by atoms with Crippen molar-refractivity contribution in [1.29, 1.82) is 0 Å². The van der Waals surface area contributed by atoms with Crippen LogP contribution in [0.2, 0.25) is 5.02 Å². The molecule has 0 amide bonds. The number of aliphatic hydroxyl groups is 1. The lowest BCUT2D eigenvalue weighted by Crippen LogP contribution is -2.35. The van der Waals surface area contributed by atoms with Crippen LogP contribution in [0, 0.1) is 5.92 Å². The van der Waals surface area contributed by atoms with Crippen molar-refractivity contribution in [2.45, 2.75) is 18.9 Å². The maximum atomic E-state index is 9.88. The van der Waals surface area contributed by atoms with Gasteiger partial charge in [-0.25, -0.2) is 0 Å². The fraction of sp³-hybridized carbons (Fsp3) is 0.600. The van der Waals surface area contributed by atoms with Crippen molar-refractivity contribution in [2.75, 3.05) is 31.2 Å². The Bertz CT molecular complexity index is 382. The van der Waals surface area contributed by atoms with Crippen LogP contribution < -0.4 is 10.1 Å². The first kappa shape index (κ1) is 16.0. The summed E-state index contributed by atoms with van der Waals surface area (Å²) in [6.07, 6.45) is 2.09. The SMILES string of the molecule is OC(CNCC1CCSCC1)COc1ccc(Cl)cc1. The van der Waals surface area contributed by atoms with Crippen molar-refractivity contribution in [3.8, 4) is 5.75 Å². The van der Waals surface area contributed by atoms with E-state index in [9.17, 15) is 5.11 Å². The van der Waals surface area contributed by atoms with Crippen molar-refractivity contribution >= 4 is 23.4 Å². The molecule has 2 rings (SSSR count). The van der Waals surface area contributed by atoms with Crippen LogP contribution in [0.15, 0.2) is 24.3 Å². The third-order valence-electron chi connectivity index (χ3n) is 3.41. The lowest BCUT2D eigenvalue weighted by Gasteiger charge is -2.22. The van der Waals surface area contributed by atoms with Crippen molar-refractivity contribution in [3.05, 3.63) is 29.3 Å². The largest absolute Gasteiger partial charge is 0.491 e. The molecule has 0 aromatic heterocycles. The molecular weight excluding hydrogens is 294 g/mol. The van der Waals surface area contributed by atoms with Crippen LogP contribution in [0.1, 0.15) is 12.8 Å². The lowest BCUT2D eigenvalue weighted by molar-refractivity contribution is 0.105.